The lowest BCUT2D eigenvalue weighted by atomic mass is 10.0. The molecule has 1 aromatic carbocycles. The molecule has 0 heterocycles. The molecule has 16 heavy (non-hydrogen) atoms. The second kappa shape index (κ2) is 5.35. The summed E-state index contributed by atoms with van der Waals surface area (Å²) in [5.41, 5.74) is 0.561. The Bertz CT molecular complexity index is 324. The molecule has 0 spiro atoms. The van der Waals surface area contributed by atoms with Crippen LogP contribution in [0.1, 0.15) is 45.6 Å². The van der Waals surface area contributed by atoms with Crippen LogP contribution >= 0.6 is 0 Å². The van der Waals surface area contributed by atoms with E-state index in [9.17, 15) is 5.11 Å². The van der Waals surface area contributed by atoms with Crippen molar-refractivity contribution in [1.82, 2.24) is 0 Å². The van der Waals surface area contributed by atoms with Crippen molar-refractivity contribution in [2.75, 3.05) is 6.61 Å². The molecule has 0 aromatic heterocycles. The van der Waals surface area contributed by atoms with Gasteiger partial charge in [0.15, 0.2) is 0 Å². The fourth-order valence-corrected chi connectivity index (χ4v) is 1.50. The SMILES string of the molecule is CC(C)c1ccccc1OCCC(C)(C)O. The topological polar surface area (TPSA) is 29.5 Å². The van der Waals surface area contributed by atoms with Gasteiger partial charge in [-0.1, -0.05) is 32.0 Å². The maximum absolute atomic E-state index is 9.59. The van der Waals surface area contributed by atoms with E-state index in [-0.39, 0.29) is 0 Å². The number of para-hydroxylation sites is 1. The molecule has 1 aromatic rings. The van der Waals surface area contributed by atoms with E-state index >= 15 is 0 Å². The minimum Gasteiger partial charge on any atom is -0.493 e. The third-order valence-corrected chi connectivity index (χ3v) is 2.51. The summed E-state index contributed by atoms with van der Waals surface area (Å²) in [6, 6.07) is 8.08. The summed E-state index contributed by atoms with van der Waals surface area (Å²) in [7, 11) is 0. The van der Waals surface area contributed by atoms with Crippen LogP contribution < -0.4 is 4.74 Å². The first-order chi connectivity index (χ1) is 7.40. The van der Waals surface area contributed by atoms with E-state index in [0.717, 1.165) is 5.75 Å². The Hall–Kier alpha value is -1.02. The van der Waals surface area contributed by atoms with E-state index in [4.69, 9.17) is 4.74 Å². The van der Waals surface area contributed by atoms with Crippen molar-refractivity contribution in [1.29, 1.82) is 0 Å². The van der Waals surface area contributed by atoms with Crippen molar-refractivity contribution in [2.45, 2.75) is 45.6 Å². The van der Waals surface area contributed by atoms with Crippen LogP contribution in [0.5, 0.6) is 5.75 Å². The molecule has 0 aliphatic carbocycles. The second-order valence-electron chi connectivity index (χ2n) is 5.10. The molecular weight excluding hydrogens is 200 g/mol. The van der Waals surface area contributed by atoms with Crippen molar-refractivity contribution in [3.8, 4) is 5.75 Å². The fraction of sp³-hybridized carbons (Fsp3) is 0.571. The summed E-state index contributed by atoms with van der Waals surface area (Å²) in [6.45, 7) is 8.44. The number of aliphatic hydroxyl groups is 1. The van der Waals surface area contributed by atoms with E-state index in [1.807, 2.05) is 18.2 Å². The maximum Gasteiger partial charge on any atom is 0.122 e. The molecule has 0 atom stereocenters. The normalized spacial score (nSPS) is 11.9. The van der Waals surface area contributed by atoms with Crippen molar-refractivity contribution >= 4 is 0 Å². The smallest absolute Gasteiger partial charge is 0.122 e. The average Bonchev–Trinajstić information content (AvgIpc) is 2.16. The van der Waals surface area contributed by atoms with E-state index in [0.29, 0.717) is 18.9 Å². The highest BCUT2D eigenvalue weighted by molar-refractivity contribution is 5.35. The van der Waals surface area contributed by atoms with Gasteiger partial charge in [-0.05, 0) is 31.4 Å². The predicted molar refractivity (Wildman–Crippen MR) is 66.9 cm³/mol. The third-order valence-electron chi connectivity index (χ3n) is 2.51. The Morgan fingerprint density at radius 1 is 1.25 bits per heavy atom. The highest BCUT2D eigenvalue weighted by Crippen LogP contribution is 2.26. The predicted octanol–water partition coefficient (Wildman–Crippen LogP) is 3.35. The largest absolute Gasteiger partial charge is 0.493 e. The van der Waals surface area contributed by atoms with Gasteiger partial charge < -0.3 is 9.84 Å². The quantitative estimate of drug-likeness (QED) is 0.828. The van der Waals surface area contributed by atoms with Crippen LogP contribution in [0.3, 0.4) is 0 Å². The van der Waals surface area contributed by atoms with Crippen LogP contribution in [0.15, 0.2) is 24.3 Å². The number of rotatable bonds is 5. The lowest BCUT2D eigenvalue weighted by Crippen LogP contribution is -2.22. The molecule has 2 heteroatoms. The van der Waals surface area contributed by atoms with Crippen LogP contribution in [0.25, 0.3) is 0 Å². The number of ether oxygens (including phenoxy) is 1. The molecule has 0 saturated heterocycles. The average molecular weight is 222 g/mol. The van der Waals surface area contributed by atoms with Crippen LogP contribution in [0.2, 0.25) is 0 Å². The van der Waals surface area contributed by atoms with Gasteiger partial charge in [0.25, 0.3) is 0 Å². The molecule has 0 aliphatic heterocycles. The van der Waals surface area contributed by atoms with Crippen molar-refractivity contribution < 1.29 is 9.84 Å². The lowest BCUT2D eigenvalue weighted by Gasteiger charge is -2.19. The molecule has 0 radical (unpaired) electrons. The molecule has 0 unspecified atom stereocenters. The second-order valence-corrected chi connectivity index (χ2v) is 5.10. The molecule has 0 bridgehead atoms. The van der Waals surface area contributed by atoms with Gasteiger partial charge >= 0.3 is 0 Å². The molecule has 0 saturated carbocycles. The zero-order valence-corrected chi connectivity index (χ0v) is 10.7. The molecule has 1 N–H and O–H groups in total. The van der Waals surface area contributed by atoms with E-state index in [2.05, 4.69) is 19.9 Å². The van der Waals surface area contributed by atoms with Gasteiger partial charge in [-0.2, -0.15) is 0 Å². The van der Waals surface area contributed by atoms with Crippen molar-refractivity contribution in [2.24, 2.45) is 0 Å². The molecule has 1 rings (SSSR count). The lowest BCUT2D eigenvalue weighted by molar-refractivity contribution is 0.0552. The van der Waals surface area contributed by atoms with Crippen LogP contribution in [0.4, 0.5) is 0 Å². The summed E-state index contributed by atoms with van der Waals surface area (Å²) < 4.78 is 5.71. The highest BCUT2D eigenvalue weighted by Gasteiger charge is 2.13. The Labute approximate surface area is 98.3 Å². The van der Waals surface area contributed by atoms with Crippen molar-refractivity contribution in [3.05, 3.63) is 29.8 Å². The molecule has 2 nitrogen and oxygen atoms in total. The summed E-state index contributed by atoms with van der Waals surface area (Å²) in [5.74, 6) is 1.39. The number of hydrogen-bond acceptors (Lipinski definition) is 2. The summed E-state index contributed by atoms with van der Waals surface area (Å²) in [5, 5.41) is 9.59. The van der Waals surface area contributed by atoms with Crippen LogP contribution in [0, 0.1) is 0 Å². The van der Waals surface area contributed by atoms with Gasteiger partial charge in [-0.3, -0.25) is 0 Å². The highest BCUT2D eigenvalue weighted by atomic mass is 16.5. The number of hydrogen-bond donors (Lipinski definition) is 1. The van der Waals surface area contributed by atoms with Gasteiger partial charge in [0.1, 0.15) is 5.75 Å². The molecule has 0 amide bonds. The zero-order chi connectivity index (χ0) is 12.2. The maximum atomic E-state index is 9.59. The Morgan fingerprint density at radius 3 is 2.44 bits per heavy atom. The van der Waals surface area contributed by atoms with Crippen molar-refractivity contribution in [3.63, 3.8) is 0 Å². The Kier molecular flexibility index (Phi) is 4.36. The van der Waals surface area contributed by atoms with E-state index < -0.39 is 5.60 Å². The number of benzene rings is 1. The standard InChI is InChI=1S/C14H22O2/c1-11(2)12-7-5-6-8-13(12)16-10-9-14(3,4)15/h5-8,11,15H,9-10H2,1-4H3. The fourth-order valence-electron chi connectivity index (χ4n) is 1.50. The van der Waals surface area contributed by atoms with Gasteiger partial charge in [0.2, 0.25) is 0 Å². The monoisotopic (exact) mass is 222 g/mol. The van der Waals surface area contributed by atoms with E-state index in [1.165, 1.54) is 5.56 Å². The minimum atomic E-state index is -0.660. The molecular formula is C14H22O2. The van der Waals surface area contributed by atoms with Gasteiger partial charge in [-0.25, -0.2) is 0 Å². The zero-order valence-electron chi connectivity index (χ0n) is 10.7. The summed E-state index contributed by atoms with van der Waals surface area (Å²) >= 11 is 0. The Balaban J connectivity index is 2.60. The first-order valence-corrected chi connectivity index (χ1v) is 5.84. The first kappa shape index (κ1) is 13.0. The van der Waals surface area contributed by atoms with Gasteiger partial charge in [-0.15, -0.1) is 0 Å². The minimum absolute atomic E-state index is 0.457. The first-order valence-electron chi connectivity index (χ1n) is 5.84. The van der Waals surface area contributed by atoms with E-state index in [1.54, 1.807) is 13.8 Å². The van der Waals surface area contributed by atoms with Crippen LogP contribution in [-0.2, 0) is 0 Å². The molecule has 0 aliphatic rings. The van der Waals surface area contributed by atoms with Crippen LogP contribution in [-0.4, -0.2) is 17.3 Å². The molecule has 0 fully saturated rings. The third kappa shape index (κ3) is 4.23. The van der Waals surface area contributed by atoms with Gasteiger partial charge in [0, 0.05) is 6.42 Å². The molecule has 90 valence electrons. The summed E-state index contributed by atoms with van der Waals surface area (Å²) in [4.78, 5) is 0. The Morgan fingerprint density at radius 2 is 1.88 bits per heavy atom. The van der Waals surface area contributed by atoms with Gasteiger partial charge in [0.05, 0.1) is 12.2 Å². The summed E-state index contributed by atoms with van der Waals surface area (Å²) in [6.07, 6.45) is 0.638.